The summed E-state index contributed by atoms with van der Waals surface area (Å²) in [5.74, 6) is -1.35. The molecule has 0 unspecified atom stereocenters. The maximum Gasteiger partial charge on any atom is 0.337 e. The summed E-state index contributed by atoms with van der Waals surface area (Å²) in [5, 5.41) is 0. The number of methoxy groups -OCH3 is 2. The summed E-state index contributed by atoms with van der Waals surface area (Å²) >= 11 is 0. The molecule has 92 valence electrons. The summed E-state index contributed by atoms with van der Waals surface area (Å²) in [6.45, 7) is 1.38. The second-order valence-electron chi connectivity index (χ2n) is 2.94. The Morgan fingerprint density at radius 2 is 1.59 bits per heavy atom. The van der Waals surface area contributed by atoms with E-state index in [1.165, 1.54) is 45.4 Å². The normalized spacial score (nSPS) is 11.8. The number of esters is 2. The van der Waals surface area contributed by atoms with Crippen LogP contribution >= 0.6 is 0 Å². The molecular formula is C12H14O5. The molecule has 5 heteroatoms. The molecule has 0 aromatic carbocycles. The number of hydrogen-bond acceptors (Lipinski definition) is 5. The van der Waals surface area contributed by atoms with E-state index in [0.29, 0.717) is 0 Å². The number of carbonyl (C=O) groups is 3. The molecule has 0 fully saturated rings. The van der Waals surface area contributed by atoms with Gasteiger partial charge >= 0.3 is 11.9 Å². The van der Waals surface area contributed by atoms with Crippen molar-refractivity contribution in [2.45, 2.75) is 6.92 Å². The van der Waals surface area contributed by atoms with E-state index in [2.05, 4.69) is 9.47 Å². The summed E-state index contributed by atoms with van der Waals surface area (Å²) in [5.41, 5.74) is 0.135. The average Bonchev–Trinajstić information content (AvgIpc) is 2.31. The quantitative estimate of drug-likeness (QED) is 0.405. The van der Waals surface area contributed by atoms with Crippen LogP contribution in [0.5, 0.6) is 0 Å². The molecule has 0 N–H and O–H groups in total. The Hall–Kier alpha value is -2.17. The summed E-state index contributed by atoms with van der Waals surface area (Å²) in [6, 6.07) is 0. The lowest BCUT2D eigenvalue weighted by atomic mass is 10.2. The third kappa shape index (κ3) is 6.83. The first kappa shape index (κ1) is 14.8. The minimum Gasteiger partial charge on any atom is -0.466 e. The lowest BCUT2D eigenvalue weighted by molar-refractivity contribution is -0.135. The molecule has 0 heterocycles. The Balaban J connectivity index is 4.89. The Bertz CT molecular complexity index is 388. The van der Waals surface area contributed by atoms with Crippen LogP contribution in [0.3, 0.4) is 0 Å². The summed E-state index contributed by atoms with van der Waals surface area (Å²) < 4.78 is 8.89. The number of ether oxygens (including phenoxy) is 2. The van der Waals surface area contributed by atoms with Crippen molar-refractivity contribution in [2.24, 2.45) is 0 Å². The summed E-state index contributed by atoms with van der Waals surface area (Å²) in [7, 11) is 2.45. The highest BCUT2D eigenvalue weighted by molar-refractivity contribution is 5.94. The lowest BCUT2D eigenvalue weighted by Gasteiger charge is -1.98. The van der Waals surface area contributed by atoms with E-state index in [-0.39, 0.29) is 11.4 Å². The maximum atomic E-state index is 11.3. The van der Waals surface area contributed by atoms with Crippen LogP contribution in [0.15, 0.2) is 36.0 Å². The van der Waals surface area contributed by atoms with Gasteiger partial charge in [0.2, 0.25) is 0 Å². The van der Waals surface area contributed by atoms with Crippen LogP contribution < -0.4 is 0 Å². The second-order valence-corrected chi connectivity index (χ2v) is 2.94. The fourth-order valence-electron chi connectivity index (χ4n) is 0.823. The van der Waals surface area contributed by atoms with Crippen LogP contribution in [0.1, 0.15) is 6.92 Å². The molecule has 0 amide bonds. The van der Waals surface area contributed by atoms with Crippen molar-refractivity contribution in [3.63, 3.8) is 0 Å². The Morgan fingerprint density at radius 1 is 0.941 bits per heavy atom. The fourth-order valence-corrected chi connectivity index (χ4v) is 0.823. The highest BCUT2D eigenvalue weighted by Gasteiger charge is 2.05. The summed E-state index contributed by atoms with van der Waals surface area (Å²) in [6.07, 6.45) is 6.39. The van der Waals surface area contributed by atoms with E-state index < -0.39 is 11.9 Å². The SMILES string of the molecule is COC(=O)/C=C/C(=C/C=C/C(C)=O)C(=O)OC. The van der Waals surface area contributed by atoms with Crippen LogP contribution in [-0.2, 0) is 23.9 Å². The van der Waals surface area contributed by atoms with Crippen LogP contribution in [0, 0.1) is 0 Å². The van der Waals surface area contributed by atoms with Gasteiger partial charge in [0.25, 0.3) is 0 Å². The molecule has 17 heavy (non-hydrogen) atoms. The average molecular weight is 238 g/mol. The van der Waals surface area contributed by atoms with Gasteiger partial charge in [0.15, 0.2) is 5.78 Å². The van der Waals surface area contributed by atoms with Gasteiger partial charge in [0.1, 0.15) is 0 Å². The van der Waals surface area contributed by atoms with Crippen molar-refractivity contribution in [1.29, 1.82) is 0 Å². The predicted molar refractivity (Wildman–Crippen MR) is 61.1 cm³/mol. The van der Waals surface area contributed by atoms with Gasteiger partial charge in [-0.1, -0.05) is 6.08 Å². The molecule has 0 bridgehead atoms. The van der Waals surface area contributed by atoms with Gasteiger partial charge in [-0.15, -0.1) is 0 Å². The van der Waals surface area contributed by atoms with Crippen molar-refractivity contribution in [3.05, 3.63) is 36.0 Å². The molecule has 0 aromatic heterocycles. The second kappa shape index (κ2) is 8.04. The number of ketones is 1. The number of rotatable bonds is 5. The van der Waals surface area contributed by atoms with Crippen molar-refractivity contribution < 1.29 is 23.9 Å². The highest BCUT2D eigenvalue weighted by Crippen LogP contribution is 2.01. The third-order valence-corrected chi connectivity index (χ3v) is 1.63. The van der Waals surface area contributed by atoms with E-state index in [9.17, 15) is 14.4 Å². The number of allylic oxidation sites excluding steroid dienone is 3. The van der Waals surface area contributed by atoms with Gasteiger partial charge in [-0.3, -0.25) is 4.79 Å². The van der Waals surface area contributed by atoms with Gasteiger partial charge in [-0.2, -0.15) is 0 Å². The van der Waals surface area contributed by atoms with Gasteiger partial charge in [-0.25, -0.2) is 9.59 Å². The maximum absolute atomic E-state index is 11.3. The summed E-state index contributed by atoms with van der Waals surface area (Å²) in [4.78, 5) is 32.8. The van der Waals surface area contributed by atoms with Crippen LogP contribution in [0.2, 0.25) is 0 Å². The standard InChI is InChI=1S/C12H14O5/c1-9(13)5-4-6-10(12(15)17-3)7-8-11(14)16-2/h4-8H,1-3H3/b5-4+,8-7+,10-6-. The van der Waals surface area contributed by atoms with Gasteiger partial charge in [-0.05, 0) is 25.2 Å². The molecule has 0 spiro atoms. The molecule has 0 atom stereocenters. The van der Waals surface area contributed by atoms with Gasteiger partial charge in [0.05, 0.1) is 19.8 Å². The van der Waals surface area contributed by atoms with Crippen molar-refractivity contribution in [2.75, 3.05) is 14.2 Å². The van der Waals surface area contributed by atoms with Crippen LogP contribution in [0.4, 0.5) is 0 Å². The van der Waals surface area contributed by atoms with Crippen molar-refractivity contribution in [3.8, 4) is 0 Å². The zero-order chi connectivity index (χ0) is 13.3. The molecule has 0 saturated heterocycles. The molecule has 0 saturated carbocycles. The minimum atomic E-state index is -0.613. The molecule has 5 nitrogen and oxygen atoms in total. The Kier molecular flexibility index (Phi) is 7.01. The minimum absolute atomic E-state index is 0.135. The van der Waals surface area contributed by atoms with Crippen molar-refractivity contribution >= 4 is 17.7 Å². The highest BCUT2D eigenvalue weighted by atomic mass is 16.5. The number of hydrogen-bond donors (Lipinski definition) is 0. The van der Waals surface area contributed by atoms with Gasteiger partial charge in [0, 0.05) is 6.08 Å². The fraction of sp³-hybridized carbons (Fsp3) is 0.250. The van der Waals surface area contributed by atoms with Crippen LogP contribution in [-0.4, -0.2) is 31.9 Å². The Labute approximate surface area is 99.4 Å². The van der Waals surface area contributed by atoms with E-state index in [1.54, 1.807) is 0 Å². The molecule has 0 aliphatic rings. The van der Waals surface area contributed by atoms with Crippen molar-refractivity contribution in [1.82, 2.24) is 0 Å². The van der Waals surface area contributed by atoms with E-state index in [0.717, 1.165) is 6.08 Å². The first-order chi connectivity index (χ1) is 8.01. The van der Waals surface area contributed by atoms with Gasteiger partial charge < -0.3 is 9.47 Å². The lowest BCUT2D eigenvalue weighted by Crippen LogP contribution is -2.03. The Morgan fingerprint density at radius 3 is 2.06 bits per heavy atom. The zero-order valence-corrected chi connectivity index (χ0v) is 9.93. The largest absolute Gasteiger partial charge is 0.466 e. The molecule has 0 aliphatic heterocycles. The molecular weight excluding hydrogens is 224 g/mol. The van der Waals surface area contributed by atoms with Crippen LogP contribution in [0.25, 0.3) is 0 Å². The zero-order valence-electron chi connectivity index (χ0n) is 9.93. The third-order valence-electron chi connectivity index (χ3n) is 1.63. The first-order valence-corrected chi connectivity index (χ1v) is 4.74. The van der Waals surface area contributed by atoms with E-state index >= 15 is 0 Å². The monoisotopic (exact) mass is 238 g/mol. The van der Waals surface area contributed by atoms with E-state index in [1.807, 2.05) is 0 Å². The molecule has 0 rings (SSSR count). The predicted octanol–water partition coefficient (Wildman–Crippen LogP) is 0.960. The topological polar surface area (TPSA) is 69.7 Å². The molecule has 0 radical (unpaired) electrons. The number of carbonyl (C=O) groups excluding carboxylic acids is 3. The molecule has 0 aromatic rings. The van der Waals surface area contributed by atoms with E-state index in [4.69, 9.17) is 0 Å². The molecule has 0 aliphatic carbocycles. The smallest absolute Gasteiger partial charge is 0.337 e. The first-order valence-electron chi connectivity index (χ1n) is 4.74.